The summed E-state index contributed by atoms with van der Waals surface area (Å²) in [5.41, 5.74) is 2.42. The van der Waals surface area contributed by atoms with Crippen LogP contribution in [0.25, 0.3) is 10.8 Å². The molecule has 0 aliphatic rings. The summed E-state index contributed by atoms with van der Waals surface area (Å²) in [5, 5.41) is 10.4. The molecule has 0 spiro atoms. The van der Waals surface area contributed by atoms with Gasteiger partial charge in [-0.25, -0.2) is 0 Å². The summed E-state index contributed by atoms with van der Waals surface area (Å²) >= 11 is 1.73. The van der Waals surface area contributed by atoms with E-state index in [1.807, 2.05) is 6.20 Å². The predicted molar refractivity (Wildman–Crippen MR) is 86.2 cm³/mol. The summed E-state index contributed by atoms with van der Waals surface area (Å²) in [4.78, 5) is 4.66. The quantitative estimate of drug-likeness (QED) is 0.751. The van der Waals surface area contributed by atoms with Crippen molar-refractivity contribution in [3.63, 3.8) is 0 Å². The maximum atomic E-state index is 4.66. The highest BCUT2D eigenvalue weighted by molar-refractivity contribution is 7.08. The number of aromatic nitrogens is 1. The van der Waals surface area contributed by atoms with Gasteiger partial charge in [0, 0.05) is 11.6 Å². The van der Waals surface area contributed by atoms with Crippen LogP contribution in [0.1, 0.15) is 30.6 Å². The van der Waals surface area contributed by atoms with Gasteiger partial charge in [-0.05, 0) is 46.8 Å². The van der Waals surface area contributed by atoms with Crippen molar-refractivity contribution in [3.05, 3.63) is 64.6 Å². The van der Waals surface area contributed by atoms with Gasteiger partial charge in [-0.2, -0.15) is 11.3 Å². The lowest BCUT2D eigenvalue weighted by Crippen LogP contribution is -2.23. The van der Waals surface area contributed by atoms with Crippen LogP contribution in [0, 0.1) is 0 Å². The topological polar surface area (TPSA) is 24.9 Å². The number of hydrogen-bond donors (Lipinski definition) is 1. The number of rotatable bonds is 5. The first-order chi connectivity index (χ1) is 9.90. The molecule has 0 aliphatic heterocycles. The van der Waals surface area contributed by atoms with Gasteiger partial charge in [-0.3, -0.25) is 4.98 Å². The zero-order chi connectivity index (χ0) is 13.8. The Kier molecular flexibility index (Phi) is 4.09. The first-order valence-corrected chi connectivity index (χ1v) is 7.93. The summed E-state index contributed by atoms with van der Waals surface area (Å²) in [6.45, 7) is 3.18. The number of nitrogens with one attached hydrogen (secondary N) is 1. The Morgan fingerprint density at radius 3 is 2.90 bits per heavy atom. The lowest BCUT2D eigenvalue weighted by molar-refractivity contribution is 0.592. The van der Waals surface area contributed by atoms with E-state index in [0.29, 0.717) is 0 Å². The Balaban J connectivity index is 2.09. The molecule has 20 heavy (non-hydrogen) atoms. The largest absolute Gasteiger partial charge is 0.305 e. The van der Waals surface area contributed by atoms with Crippen molar-refractivity contribution < 1.29 is 0 Å². The first-order valence-electron chi connectivity index (χ1n) is 6.99. The third kappa shape index (κ3) is 2.60. The fraction of sp³-hybridized carbons (Fsp3) is 0.235. The van der Waals surface area contributed by atoms with E-state index >= 15 is 0 Å². The number of thiophene rings is 1. The number of benzene rings is 1. The van der Waals surface area contributed by atoms with Gasteiger partial charge in [0.15, 0.2) is 0 Å². The van der Waals surface area contributed by atoms with Gasteiger partial charge in [-0.1, -0.05) is 31.2 Å². The molecule has 102 valence electrons. The molecule has 0 saturated carbocycles. The van der Waals surface area contributed by atoms with Crippen LogP contribution >= 0.6 is 11.3 Å². The highest BCUT2D eigenvalue weighted by atomic mass is 32.1. The number of pyridine rings is 1. The molecular weight excluding hydrogens is 264 g/mol. The lowest BCUT2D eigenvalue weighted by Gasteiger charge is -2.19. The van der Waals surface area contributed by atoms with E-state index in [-0.39, 0.29) is 6.04 Å². The Morgan fingerprint density at radius 2 is 2.10 bits per heavy atom. The third-order valence-corrected chi connectivity index (χ3v) is 4.15. The summed E-state index contributed by atoms with van der Waals surface area (Å²) in [6.07, 6.45) is 3.02. The molecule has 3 heteroatoms. The molecule has 0 radical (unpaired) electrons. The SMILES string of the molecule is CCCNC(c1ccsc1)c1nccc2ccccc12. The van der Waals surface area contributed by atoms with Gasteiger partial charge in [0.2, 0.25) is 0 Å². The van der Waals surface area contributed by atoms with Gasteiger partial charge in [0.05, 0.1) is 11.7 Å². The van der Waals surface area contributed by atoms with Crippen molar-refractivity contribution in [2.45, 2.75) is 19.4 Å². The number of nitrogens with zero attached hydrogens (tertiary/aromatic N) is 1. The van der Waals surface area contributed by atoms with Crippen LogP contribution in [-0.4, -0.2) is 11.5 Å². The van der Waals surface area contributed by atoms with E-state index in [2.05, 4.69) is 64.4 Å². The predicted octanol–water partition coefficient (Wildman–Crippen LogP) is 4.39. The van der Waals surface area contributed by atoms with Crippen LogP contribution in [-0.2, 0) is 0 Å². The highest BCUT2D eigenvalue weighted by Gasteiger charge is 2.17. The third-order valence-electron chi connectivity index (χ3n) is 3.45. The van der Waals surface area contributed by atoms with Crippen LogP contribution < -0.4 is 5.32 Å². The second-order valence-electron chi connectivity index (χ2n) is 4.86. The monoisotopic (exact) mass is 282 g/mol. The number of fused-ring (bicyclic) bond motifs is 1. The molecule has 3 aromatic rings. The summed E-state index contributed by atoms with van der Waals surface area (Å²) in [6, 6.07) is 12.9. The van der Waals surface area contributed by atoms with E-state index in [0.717, 1.165) is 18.7 Å². The normalized spacial score (nSPS) is 12.7. The van der Waals surface area contributed by atoms with Crippen molar-refractivity contribution in [2.75, 3.05) is 6.54 Å². The van der Waals surface area contributed by atoms with Gasteiger partial charge < -0.3 is 5.32 Å². The average Bonchev–Trinajstić information content (AvgIpc) is 3.02. The van der Waals surface area contributed by atoms with E-state index in [1.54, 1.807) is 11.3 Å². The number of hydrogen-bond acceptors (Lipinski definition) is 3. The maximum Gasteiger partial charge on any atom is 0.0765 e. The second-order valence-corrected chi connectivity index (χ2v) is 5.64. The molecule has 1 atom stereocenters. The minimum Gasteiger partial charge on any atom is -0.305 e. The summed E-state index contributed by atoms with van der Waals surface area (Å²) < 4.78 is 0. The molecule has 2 aromatic heterocycles. The summed E-state index contributed by atoms with van der Waals surface area (Å²) in [5.74, 6) is 0. The molecule has 1 N–H and O–H groups in total. The highest BCUT2D eigenvalue weighted by Crippen LogP contribution is 2.28. The molecule has 0 fully saturated rings. The van der Waals surface area contributed by atoms with Gasteiger partial charge in [0.25, 0.3) is 0 Å². The van der Waals surface area contributed by atoms with Crippen molar-refractivity contribution in [2.24, 2.45) is 0 Å². The molecule has 0 saturated heterocycles. The van der Waals surface area contributed by atoms with Crippen LogP contribution in [0.5, 0.6) is 0 Å². The molecular formula is C17H18N2S. The smallest absolute Gasteiger partial charge is 0.0765 e. The van der Waals surface area contributed by atoms with E-state index in [9.17, 15) is 0 Å². The van der Waals surface area contributed by atoms with E-state index < -0.39 is 0 Å². The molecule has 1 unspecified atom stereocenters. The molecule has 0 bridgehead atoms. The average molecular weight is 282 g/mol. The minimum atomic E-state index is 0.173. The van der Waals surface area contributed by atoms with Crippen molar-refractivity contribution >= 4 is 22.1 Å². The fourth-order valence-corrected chi connectivity index (χ4v) is 3.16. The minimum absolute atomic E-state index is 0.173. The molecule has 2 heterocycles. The Morgan fingerprint density at radius 1 is 1.20 bits per heavy atom. The maximum absolute atomic E-state index is 4.66. The molecule has 3 rings (SSSR count). The van der Waals surface area contributed by atoms with Crippen LogP contribution in [0.2, 0.25) is 0 Å². The van der Waals surface area contributed by atoms with Gasteiger partial charge in [0.1, 0.15) is 0 Å². The zero-order valence-electron chi connectivity index (χ0n) is 11.5. The fourth-order valence-electron chi connectivity index (χ4n) is 2.47. The Labute approximate surface area is 123 Å². The first kappa shape index (κ1) is 13.3. The van der Waals surface area contributed by atoms with Crippen LogP contribution in [0.3, 0.4) is 0 Å². The van der Waals surface area contributed by atoms with E-state index in [1.165, 1.54) is 16.3 Å². The molecule has 0 aliphatic carbocycles. The standard InChI is InChI=1S/C17H18N2S/c1-2-9-18-16(14-8-11-20-12-14)17-15-6-4-3-5-13(15)7-10-19-17/h3-8,10-12,16,18H,2,9H2,1H3. The van der Waals surface area contributed by atoms with Crippen LogP contribution in [0.15, 0.2) is 53.4 Å². The molecule has 1 aromatic carbocycles. The van der Waals surface area contributed by atoms with Crippen molar-refractivity contribution in [1.29, 1.82) is 0 Å². The Bertz CT molecular complexity index is 671. The molecule has 2 nitrogen and oxygen atoms in total. The van der Waals surface area contributed by atoms with Crippen molar-refractivity contribution in [3.8, 4) is 0 Å². The van der Waals surface area contributed by atoms with Gasteiger partial charge in [-0.15, -0.1) is 0 Å². The van der Waals surface area contributed by atoms with Gasteiger partial charge >= 0.3 is 0 Å². The Hall–Kier alpha value is -1.71. The van der Waals surface area contributed by atoms with Crippen molar-refractivity contribution in [1.82, 2.24) is 10.3 Å². The summed E-state index contributed by atoms with van der Waals surface area (Å²) in [7, 11) is 0. The second kappa shape index (κ2) is 6.16. The van der Waals surface area contributed by atoms with Crippen LogP contribution in [0.4, 0.5) is 0 Å². The molecule has 0 amide bonds. The lowest BCUT2D eigenvalue weighted by atomic mass is 10.0. The van der Waals surface area contributed by atoms with E-state index in [4.69, 9.17) is 0 Å². The zero-order valence-corrected chi connectivity index (χ0v) is 12.4.